The van der Waals surface area contributed by atoms with Gasteiger partial charge in [0, 0.05) is 6.92 Å². The van der Waals surface area contributed by atoms with Gasteiger partial charge in [0.05, 0.1) is 13.7 Å². The van der Waals surface area contributed by atoms with Gasteiger partial charge in [-0.15, -0.1) is 0 Å². The second-order valence-electron chi connectivity index (χ2n) is 9.45. The van der Waals surface area contributed by atoms with E-state index in [1.165, 1.54) is 58.5 Å². The Morgan fingerprint density at radius 3 is 1.96 bits per heavy atom. The van der Waals surface area contributed by atoms with E-state index < -0.39 is 5.00 Å². The summed E-state index contributed by atoms with van der Waals surface area (Å²) in [5.74, 6) is 0.496. The van der Waals surface area contributed by atoms with E-state index in [0.29, 0.717) is 4.48 Å². The van der Waals surface area contributed by atoms with Crippen LogP contribution in [0.15, 0.2) is 0 Å². The number of carbonyl (C=O) groups is 1. The molecule has 3 atom stereocenters. The van der Waals surface area contributed by atoms with Crippen LogP contribution in [0.2, 0.25) is 0 Å². The van der Waals surface area contributed by atoms with Crippen molar-refractivity contribution >= 4 is 17.6 Å². The molecule has 4 nitrogen and oxygen atoms in total. The number of alkyl halides is 1. The van der Waals surface area contributed by atoms with Crippen molar-refractivity contribution in [3.8, 4) is 0 Å². The first kappa shape index (κ1) is 25.7. The van der Waals surface area contributed by atoms with E-state index in [1.807, 2.05) is 6.92 Å². The zero-order chi connectivity index (χ0) is 21.2. The topological polar surface area (TPSA) is 35.5 Å². The lowest BCUT2D eigenvalue weighted by Crippen LogP contribution is -2.71. The van der Waals surface area contributed by atoms with Crippen LogP contribution in [0, 0.1) is 5.92 Å². The average Bonchev–Trinajstić information content (AvgIpc) is 2.61. The number of morpholine rings is 1. The predicted octanol–water partition coefficient (Wildman–Crippen LogP) is 5.91. The molecule has 0 saturated carbocycles. The van der Waals surface area contributed by atoms with Crippen LogP contribution in [0.4, 0.5) is 0 Å². The molecule has 166 valence electrons. The first-order valence-electron chi connectivity index (χ1n) is 11.4. The molecule has 0 aromatic heterocycles. The number of quaternary nitrogens is 1. The summed E-state index contributed by atoms with van der Waals surface area (Å²) in [6, 6.07) is 0. The van der Waals surface area contributed by atoms with Gasteiger partial charge in [-0.05, 0) is 44.2 Å². The highest BCUT2D eigenvalue weighted by atomic mass is 35.5. The molecule has 1 aliphatic heterocycles. The number of hydrogen-bond acceptors (Lipinski definition) is 3. The largest absolute Gasteiger partial charge is 0.463 e. The van der Waals surface area contributed by atoms with Gasteiger partial charge in [-0.25, -0.2) is 4.79 Å². The van der Waals surface area contributed by atoms with Gasteiger partial charge in [-0.3, -0.25) is 4.48 Å². The smallest absolute Gasteiger partial charge is 0.384 e. The van der Waals surface area contributed by atoms with E-state index in [9.17, 15) is 4.79 Å². The Labute approximate surface area is 178 Å². The lowest BCUT2D eigenvalue weighted by atomic mass is 10.0. The fourth-order valence-electron chi connectivity index (χ4n) is 4.68. The second kappa shape index (κ2) is 12.4. The lowest BCUT2D eigenvalue weighted by molar-refractivity contribution is -0.964. The molecule has 0 aromatic rings. The minimum absolute atomic E-state index is 0.0947. The van der Waals surface area contributed by atoms with Gasteiger partial charge in [0.1, 0.15) is 25.3 Å². The third-order valence-electron chi connectivity index (χ3n) is 6.24. The third-order valence-corrected chi connectivity index (χ3v) is 6.76. The molecule has 0 bridgehead atoms. The summed E-state index contributed by atoms with van der Waals surface area (Å²) in [6.45, 7) is 13.0. The summed E-state index contributed by atoms with van der Waals surface area (Å²) in [5.41, 5.74) is 0. The Balaban J connectivity index is 2.44. The summed E-state index contributed by atoms with van der Waals surface area (Å²) >= 11 is 6.83. The number of nitrogens with zero attached hydrogens (tertiary/aromatic N) is 1. The summed E-state index contributed by atoms with van der Waals surface area (Å²) in [4.78, 5) is 11.4. The molecule has 0 radical (unpaired) electrons. The molecular weight excluding hydrogens is 374 g/mol. The van der Waals surface area contributed by atoms with Crippen LogP contribution in [0.3, 0.4) is 0 Å². The molecule has 5 heteroatoms. The maximum atomic E-state index is 12.4. The van der Waals surface area contributed by atoms with Crippen LogP contribution in [0.25, 0.3) is 0 Å². The van der Waals surface area contributed by atoms with Gasteiger partial charge < -0.3 is 9.47 Å². The third kappa shape index (κ3) is 7.84. The van der Waals surface area contributed by atoms with Crippen LogP contribution in [-0.4, -0.2) is 54.4 Å². The lowest BCUT2D eigenvalue weighted by Gasteiger charge is -2.51. The number of unbranched alkanes of at least 4 members (excludes halogenated alkanes) is 7. The summed E-state index contributed by atoms with van der Waals surface area (Å²) in [6.07, 6.45) is 11.9. The van der Waals surface area contributed by atoms with Crippen molar-refractivity contribution < 1.29 is 18.8 Å². The van der Waals surface area contributed by atoms with Gasteiger partial charge in [-0.2, -0.15) is 0 Å². The van der Waals surface area contributed by atoms with E-state index in [4.69, 9.17) is 21.1 Å². The van der Waals surface area contributed by atoms with Crippen molar-refractivity contribution in [1.82, 2.24) is 0 Å². The number of rotatable bonds is 13. The van der Waals surface area contributed by atoms with E-state index in [1.54, 1.807) is 0 Å². The van der Waals surface area contributed by atoms with Gasteiger partial charge in [-0.1, -0.05) is 58.8 Å². The van der Waals surface area contributed by atoms with Crippen molar-refractivity contribution in [1.29, 1.82) is 0 Å². The predicted molar refractivity (Wildman–Crippen MR) is 118 cm³/mol. The maximum Gasteiger partial charge on any atom is 0.384 e. The number of hydrogen-bond donors (Lipinski definition) is 0. The molecule has 28 heavy (non-hydrogen) atoms. The first-order chi connectivity index (χ1) is 13.1. The van der Waals surface area contributed by atoms with E-state index in [-0.39, 0.29) is 18.2 Å². The van der Waals surface area contributed by atoms with Crippen LogP contribution < -0.4 is 0 Å². The SMILES string of the molecule is COC(=O)C(C)(Cl)[N+]1(CCCCCCCCCCC(C)C)CC(C)OC(C)C1. The average molecular weight is 419 g/mol. The summed E-state index contributed by atoms with van der Waals surface area (Å²) in [5, 5.41) is 0. The molecule has 0 aromatic carbocycles. The first-order valence-corrected chi connectivity index (χ1v) is 11.8. The van der Waals surface area contributed by atoms with Gasteiger partial charge >= 0.3 is 5.97 Å². The van der Waals surface area contributed by atoms with Gasteiger partial charge in [0.2, 0.25) is 0 Å². The fraction of sp³-hybridized carbons (Fsp3) is 0.957. The maximum absolute atomic E-state index is 12.4. The van der Waals surface area contributed by atoms with E-state index in [0.717, 1.165) is 32.0 Å². The summed E-state index contributed by atoms with van der Waals surface area (Å²) in [7, 11) is 1.42. The minimum Gasteiger partial charge on any atom is -0.463 e. The number of methoxy groups -OCH3 is 1. The molecule has 1 aliphatic rings. The second-order valence-corrected chi connectivity index (χ2v) is 10.2. The van der Waals surface area contributed by atoms with E-state index >= 15 is 0 Å². The zero-order valence-corrected chi connectivity index (χ0v) is 20.0. The van der Waals surface area contributed by atoms with Crippen molar-refractivity contribution in [3.05, 3.63) is 0 Å². The standard InChI is InChI=1S/C23H45ClNO3/c1-19(2)15-13-11-9-7-8-10-12-14-16-25(23(5,24)22(26)27-6)17-20(3)28-21(4)18-25/h19-21H,7-18H2,1-6H3/q+1. The van der Waals surface area contributed by atoms with Gasteiger partial charge in [0.15, 0.2) is 0 Å². The molecule has 1 rings (SSSR count). The number of carbonyl (C=O) groups excluding carboxylic acids is 1. The Morgan fingerprint density at radius 2 is 1.50 bits per heavy atom. The van der Waals surface area contributed by atoms with Crippen molar-refractivity contribution in [2.24, 2.45) is 5.92 Å². The molecule has 1 saturated heterocycles. The Hall–Kier alpha value is -0.320. The Bertz CT molecular complexity index is 443. The van der Waals surface area contributed by atoms with E-state index in [2.05, 4.69) is 27.7 Å². The molecule has 1 heterocycles. The van der Waals surface area contributed by atoms with Crippen LogP contribution >= 0.6 is 11.6 Å². The molecule has 0 spiro atoms. The highest BCUT2D eigenvalue weighted by Crippen LogP contribution is 2.36. The zero-order valence-electron chi connectivity index (χ0n) is 19.3. The highest BCUT2D eigenvalue weighted by molar-refractivity contribution is 6.32. The van der Waals surface area contributed by atoms with Crippen molar-refractivity contribution in [3.63, 3.8) is 0 Å². The summed E-state index contributed by atoms with van der Waals surface area (Å²) < 4.78 is 11.5. The Kier molecular flexibility index (Phi) is 11.4. The highest BCUT2D eigenvalue weighted by Gasteiger charge is 2.55. The van der Waals surface area contributed by atoms with Crippen molar-refractivity contribution in [2.75, 3.05) is 26.7 Å². The number of esters is 1. The molecule has 0 aliphatic carbocycles. The van der Waals surface area contributed by atoms with Crippen LogP contribution in [0.5, 0.6) is 0 Å². The van der Waals surface area contributed by atoms with Crippen LogP contribution in [-0.2, 0) is 14.3 Å². The molecule has 0 amide bonds. The normalized spacial score (nSPS) is 27.6. The molecule has 0 N–H and O–H groups in total. The van der Waals surface area contributed by atoms with Crippen LogP contribution in [0.1, 0.15) is 92.4 Å². The van der Waals surface area contributed by atoms with Crippen molar-refractivity contribution in [2.45, 2.75) is 110 Å². The fourth-order valence-corrected chi connectivity index (χ4v) is 4.98. The monoisotopic (exact) mass is 418 g/mol. The molecule has 3 unspecified atom stereocenters. The number of halogens is 1. The quantitative estimate of drug-likeness (QED) is 0.123. The minimum atomic E-state index is -1.06. The Morgan fingerprint density at radius 1 is 1.04 bits per heavy atom. The van der Waals surface area contributed by atoms with Gasteiger partial charge in [0.25, 0.3) is 5.00 Å². The molecular formula is C23H45ClNO3+. The number of ether oxygens (including phenoxy) is 2. The molecule has 1 fully saturated rings.